The number of halogens is 2. The number of ketones is 1. The monoisotopic (exact) mass is 276 g/mol. The molecule has 4 nitrogen and oxygen atoms in total. The summed E-state index contributed by atoms with van der Waals surface area (Å²) in [5.41, 5.74) is 0.223. The van der Waals surface area contributed by atoms with Gasteiger partial charge in [0.15, 0.2) is 11.9 Å². The molecular weight excluding hydrogens is 267 g/mol. The van der Waals surface area contributed by atoms with Crippen LogP contribution in [-0.2, 0) is 4.79 Å². The van der Waals surface area contributed by atoms with Gasteiger partial charge >= 0.3 is 5.97 Å². The van der Waals surface area contributed by atoms with Crippen LogP contribution >= 0.6 is 23.2 Å². The first-order valence-electron chi connectivity index (χ1n) is 4.72. The Hall–Kier alpha value is -1.10. The van der Waals surface area contributed by atoms with E-state index < -0.39 is 17.5 Å². The Labute approximate surface area is 108 Å². The quantitative estimate of drug-likeness (QED) is 0.654. The van der Waals surface area contributed by atoms with Gasteiger partial charge in [0, 0.05) is 10.6 Å². The number of alkyl halides is 1. The average Bonchev–Trinajstić information content (AvgIpc) is 2.25. The van der Waals surface area contributed by atoms with Crippen LogP contribution in [-0.4, -0.2) is 27.3 Å². The van der Waals surface area contributed by atoms with Gasteiger partial charge in [-0.05, 0) is 30.7 Å². The van der Waals surface area contributed by atoms with Crippen molar-refractivity contribution in [1.29, 1.82) is 0 Å². The lowest BCUT2D eigenvalue weighted by Crippen LogP contribution is -2.14. The average molecular weight is 277 g/mol. The predicted molar refractivity (Wildman–Crippen MR) is 63.7 cm³/mol. The molecule has 17 heavy (non-hydrogen) atoms. The van der Waals surface area contributed by atoms with Crippen molar-refractivity contribution in [2.45, 2.75) is 18.4 Å². The molecule has 0 bridgehead atoms. The number of Topliss-reactive ketones (excluding diaryl/α,β-unsaturated/α-hetero) is 1. The van der Waals surface area contributed by atoms with E-state index in [2.05, 4.69) is 0 Å². The number of carbonyl (C=O) groups excluding carboxylic acids is 1. The highest BCUT2D eigenvalue weighted by Crippen LogP contribution is 2.22. The topological polar surface area (TPSA) is 74.6 Å². The van der Waals surface area contributed by atoms with Crippen molar-refractivity contribution in [3.05, 3.63) is 34.3 Å². The maximum absolute atomic E-state index is 11.6. The van der Waals surface area contributed by atoms with Gasteiger partial charge in [-0.3, -0.25) is 4.79 Å². The second-order valence-corrected chi connectivity index (χ2v) is 4.59. The molecule has 0 saturated carbocycles. The van der Waals surface area contributed by atoms with E-state index in [4.69, 9.17) is 28.3 Å². The second kappa shape index (κ2) is 5.49. The molecular formula is C11H10Cl2O4. The van der Waals surface area contributed by atoms with E-state index in [1.165, 1.54) is 25.1 Å². The van der Waals surface area contributed by atoms with Crippen LogP contribution in [0.15, 0.2) is 18.2 Å². The zero-order valence-electron chi connectivity index (χ0n) is 8.85. The zero-order chi connectivity index (χ0) is 13.2. The van der Waals surface area contributed by atoms with Crippen molar-refractivity contribution in [3.8, 4) is 0 Å². The predicted octanol–water partition coefficient (Wildman–Crippen LogP) is 2.27. The standard InChI is InChI=1S/C11H10Cl2O4/c1-5(12)9(14)6-2-7(4-8(13)3-6)10(15)11(16)17/h2-5,10,15H,1H3,(H,16,17). The van der Waals surface area contributed by atoms with Crippen molar-refractivity contribution in [1.82, 2.24) is 0 Å². The van der Waals surface area contributed by atoms with Crippen molar-refractivity contribution < 1.29 is 19.8 Å². The number of carboxylic acids is 1. The van der Waals surface area contributed by atoms with Crippen molar-refractivity contribution in [2.75, 3.05) is 0 Å². The fraction of sp³-hybridized carbons (Fsp3) is 0.273. The molecule has 0 aliphatic carbocycles. The van der Waals surface area contributed by atoms with Gasteiger partial charge in [0.05, 0.1) is 5.38 Å². The molecule has 0 saturated heterocycles. The van der Waals surface area contributed by atoms with Gasteiger partial charge in [0.1, 0.15) is 0 Å². The minimum absolute atomic E-state index is 0.0469. The van der Waals surface area contributed by atoms with Crippen LogP contribution in [0.2, 0.25) is 5.02 Å². The molecule has 0 spiro atoms. The fourth-order valence-corrected chi connectivity index (χ4v) is 1.65. The molecule has 2 atom stereocenters. The Morgan fingerprint density at radius 1 is 1.29 bits per heavy atom. The molecule has 0 aliphatic rings. The van der Waals surface area contributed by atoms with Gasteiger partial charge in [-0.1, -0.05) is 11.6 Å². The summed E-state index contributed by atoms with van der Waals surface area (Å²) >= 11 is 11.4. The van der Waals surface area contributed by atoms with Gasteiger partial charge in [-0.2, -0.15) is 0 Å². The maximum Gasteiger partial charge on any atom is 0.337 e. The molecule has 1 aromatic carbocycles. The summed E-state index contributed by atoms with van der Waals surface area (Å²) < 4.78 is 0. The Balaban J connectivity index is 3.19. The van der Waals surface area contributed by atoms with E-state index in [-0.39, 0.29) is 21.9 Å². The van der Waals surface area contributed by atoms with Crippen molar-refractivity contribution >= 4 is 35.0 Å². The van der Waals surface area contributed by atoms with E-state index in [9.17, 15) is 14.7 Å². The summed E-state index contributed by atoms with van der Waals surface area (Å²) in [5.74, 6) is -1.79. The van der Waals surface area contributed by atoms with Gasteiger partial charge in [-0.25, -0.2) is 4.79 Å². The number of carbonyl (C=O) groups is 2. The summed E-state index contributed by atoms with van der Waals surface area (Å²) in [6, 6.07) is 3.93. The number of aliphatic hydroxyl groups is 1. The first-order chi connectivity index (χ1) is 7.82. The van der Waals surface area contributed by atoms with Gasteiger partial charge in [0.2, 0.25) is 0 Å². The minimum Gasteiger partial charge on any atom is -0.479 e. The third-order valence-corrected chi connectivity index (χ3v) is 2.53. The highest BCUT2D eigenvalue weighted by Gasteiger charge is 2.20. The van der Waals surface area contributed by atoms with Crippen LogP contribution in [0.25, 0.3) is 0 Å². The summed E-state index contributed by atoms with van der Waals surface area (Å²) in [7, 11) is 0. The van der Waals surface area contributed by atoms with Crippen molar-refractivity contribution in [2.24, 2.45) is 0 Å². The van der Waals surface area contributed by atoms with Gasteiger partial charge < -0.3 is 10.2 Å². The Morgan fingerprint density at radius 3 is 2.35 bits per heavy atom. The smallest absolute Gasteiger partial charge is 0.337 e. The Morgan fingerprint density at radius 2 is 1.88 bits per heavy atom. The number of benzene rings is 1. The molecule has 0 radical (unpaired) electrons. The van der Waals surface area contributed by atoms with E-state index in [0.29, 0.717) is 0 Å². The SMILES string of the molecule is CC(Cl)C(=O)c1cc(Cl)cc(C(O)C(=O)O)c1. The molecule has 1 aromatic rings. The molecule has 2 unspecified atom stereocenters. The lowest BCUT2D eigenvalue weighted by atomic mass is 10.0. The largest absolute Gasteiger partial charge is 0.479 e. The number of hydrogen-bond donors (Lipinski definition) is 2. The highest BCUT2D eigenvalue weighted by atomic mass is 35.5. The first kappa shape index (κ1) is 14.0. The van der Waals surface area contributed by atoms with Crippen LogP contribution in [0.5, 0.6) is 0 Å². The lowest BCUT2D eigenvalue weighted by molar-refractivity contribution is -0.146. The number of aliphatic hydroxyl groups excluding tert-OH is 1. The third-order valence-electron chi connectivity index (χ3n) is 2.12. The molecule has 0 fully saturated rings. The van der Waals surface area contributed by atoms with Crippen LogP contribution in [0.4, 0.5) is 0 Å². The van der Waals surface area contributed by atoms with Gasteiger partial charge in [0.25, 0.3) is 0 Å². The molecule has 0 heterocycles. The molecule has 0 aromatic heterocycles. The fourth-order valence-electron chi connectivity index (χ4n) is 1.28. The van der Waals surface area contributed by atoms with Gasteiger partial charge in [-0.15, -0.1) is 11.6 Å². The minimum atomic E-state index is -1.72. The Kier molecular flexibility index (Phi) is 4.51. The summed E-state index contributed by atoms with van der Waals surface area (Å²) in [6.45, 7) is 1.50. The maximum atomic E-state index is 11.6. The second-order valence-electron chi connectivity index (χ2n) is 3.49. The van der Waals surface area contributed by atoms with E-state index in [1.54, 1.807) is 0 Å². The molecule has 0 amide bonds. The molecule has 1 rings (SSSR count). The molecule has 0 aliphatic heterocycles. The summed E-state index contributed by atoms with van der Waals surface area (Å²) in [5, 5.41) is 17.4. The number of hydrogen-bond acceptors (Lipinski definition) is 3. The number of aliphatic carboxylic acids is 1. The lowest BCUT2D eigenvalue weighted by Gasteiger charge is -2.09. The third kappa shape index (κ3) is 3.43. The molecule has 6 heteroatoms. The summed E-state index contributed by atoms with van der Waals surface area (Å²) in [6.07, 6.45) is -1.72. The number of carboxylic acid groups (broad SMARTS) is 1. The number of rotatable bonds is 4. The molecule has 2 N–H and O–H groups in total. The molecule has 92 valence electrons. The van der Waals surface area contributed by atoms with E-state index in [1.807, 2.05) is 0 Å². The first-order valence-corrected chi connectivity index (χ1v) is 5.54. The van der Waals surface area contributed by atoms with E-state index in [0.717, 1.165) is 0 Å². The normalized spacial score (nSPS) is 14.1. The van der Waals surface area contributed by atoms with Crippen LogP contribution < -0.4 is 0 Å². The zero-order valence-corrected chi connectivity index (χ0v) is 10.4. The highest BCUT2D eigenvalue weighted by molar-refractivity contribution is 6.34. The Bertz CT molecular complexity index is 457. The van der Waals surface area contributed by atoms with Crippen LogP contribution in [0, 0.1) is 0 Å². The van der Waals surface area contributed by atoms with Crippen LogP contribution in [0.1, 0.15) is 28.9 Å². The van der Waals surface area contributed by atoms with Crippen molar-refractivity contribution in [3.63, 3.8) is 0 Å². The van der Waals surface area contributed by atoms with Crippen LogP contribution in [0.3, 0.4) is 0 Å². The van der Waals surface area contributed by atoms with E-state index >= 15 is 0 Å². The summed E-state index contributed by atoms with van der Waals surface area (Å²) in [4.78, 5) is 22.2.